The maximum absolute atomic E-state index is 13.8. The predicted octanol–water partition coefficient (Wildman–Crippen LogP) is 5.61. The Morgan fingerprint density at radius 2 is 1.84 bits per heavy atom. The van der Waals surface area contributed by atoms with Gasteiger partial charge in [0.1, 0.15) is 11.6 Å². The zero-order valence-electron chi connectivity index (χ0n) is 26.7. The van der Waals surface area contributed by atoms with Crippen LogP contribution in [0.1, 0.15) is 103 Å². The molecule has 0 radical (unpaired) electrons. The van der Waals surface area contributed by atoms with Crippen molar-refractivity contribution in [1.82, 2.24) is 23.9 Å². The Kier molecular flexibility index (Phi) is 11.6. The lowest BCUT2D eigenvalue weighted by atomic mass is 9.97. The number of H-pyrrole nitrogens is 1. The van der Waals surface area contributed by atoms with Gasteiger partial charge in [0.05, 0.1) is 35.3 Å². The summed E-state index contributed by atoms with van der Waals surface area (Å²) in [6.07, 6.45) is 7.91. The number of nitrogens with one attached hydrogen (secondary N) is 1. The van der Waals surface area contributed by atoms with E-state index in [1.807, 2.05) is 13.8 Å². The van der Waals surface area contributed by atoms with Gasteiger partial charge in [0.25, 0.3) is 5.56 Å². The van der Waals surface area contributed by atoms with Gasteiger partial charge < -0.3 is 14.5 Å². The number of carbonyl (C=O) groups excluding carboxylic acids is 1. The molecule has 0 spiro atoms. The normalized spacial score (nSPS) is 15.5. The summed E-state index contributed by atoms with van der Waals surface area (Å²) < 4.78 is 41.7. The summed E-state index contributed by atoms with van der Waals surface area (Å²) in [6, 6.07) is 4.66. The number of aryl methyl sites for hydroxylation is 1. The van der Waals surface area contributed by atoms with Crippen molar-refractivity contribution in [3.05, 3.63) is 40.1 Å². The zero-order chi connectivity index (χ0) is 31.9. The first-order chi connectivity index (χ1) is 21.2. The molecular formula is C32H47N5O6S. The van der Waals surface area contributed by atoms with Crippen molar-refractivity contribution in [1.29, 1.82) is 0 Å². The lowest BCUT2D eigenvalue weighted by Gasteiger charge is -2.30. The van der Waals surface area contributed by atoms with Gasteiger partial charge in [-0.25, -0.2) is 17.9 Å². The van der Waals surface area contributed by atoms with Crippen LogP contribution < -0.4 is 10.3 Å². The highest BCUT2D eigenvalue weighted by Gasteiger charge is 2.33. The van der Waals surface area contributed by atoms with Gasteiger partial charge in [0.2, 0.25) is 10.0 Å². The maximum Gasteiger partial charge on any atom is 0.309 e. The highest BCUT2D eigenvalue weighted by atomic mass is 32.2. The number of sulfonamides is 1. The molecule has 3 aromatic rings. The zero-order valence-corrected chi connectivity index (χ0v) is 27.5. The van der Waals surface area contributed by atoms with Crippen molar-refractivity contribution in [3.8, 4) is 17.1 Å². The third-order valence-corrected chi connectivity index (χ3v) is 10.2. The second kappa shape index (κ2) is 15.2. The van der Waals surface area contributed by atoms with Crippen LogP contribution in [0.25, 0.3) is 16.9 Å². The number of rotatable bonds is 15. The molecular weight excluding hydrogens is 582 g/mol. The summed E-state index contributed by atoms with van der Waals surface area (Å²) in [5.41, 5.74) is 1.04. The number of aromatic amines is 1. The number of esters is 1. The molecule has 0 amide bonds. The summed E-state index contributed by atoms with van der Waals surface area (Å²) in [4.78, 5) is 33.4. The van der Waals surface area contributed by atoms with Crippen molar-refractivity contribution in [3.63, 3.8) is 0 Å². The van der Waals surface area contributed by atoms with E-state index in [-0.39, 0.29) is 47.2 Å². The van der Waals surface area contributed by atoms with Crippen LogP contribution in [0.5, 0.6) is 5.75 Å². The fourth-order valence-electron chi connectivity index (χ4n) is 5.85. The standard InChI is InChI=1S/C32H47N5O6S/c1-6-10-11-12-13-23(8-3)30-33-22(5)28-31(38)34-29(35-37(28)30)26-21-25(14-15-27(26)43-20-7-2)44(40,41)36-18-16-24(17-19-36)32(39)42-9-4/h14-15,21,23-24H,6-13,16-20H2,1-5H3,(H,34,35,38). The highest BCUT2D eigenvalue weighted by Crippen LogP contribution is 2.33. The Morgan fingerprint density at radius 3 is 2.50 bits per heavy atom. The first-order valence-electron chi connectivity index (χ1n) is 16.1. The van der Waals surface area contributed by atoms with Crippen LogP contribution in [0.3, 0.4) is 0 Å². The van der Waals surface area contributed by atoms with Gasteiger partial charge in [0.15, 0.2) is 11.3 Å². The molecule has 0 saturated carbocycles. The van der Waals surface area contributed by atoms with E-state index in [0.717, 1.165) is 44.3 Å². The number of benzene rings is 1. The molecule has 44 heavy (non-hydrogen) atoms. The van der Waals surface area contributed by atoms with Gasteiger partial charge >= 0.3 is 5.97 Å². The Hall–Kier alpha value is -3.25. The number of piperidine rings is 1. The third kappa shape index (κ3) is 7.34. The first-order valence-corrected chi connectivity index (χ1v) is 17.5. The van der Waals surface area contributed by atoms with Crippen molar-refractivity contribution >= 4 is 21.5 Å². The fourth-order valence-corrected chi connectivity index (χ4v) is 7.34. The van der Waals surface area contributed by atoms with E-state index < -0.39 is 10.0 Å². The summed E-state index contributed by atoms with van der Waals surface area (Å²) in [5.74, 6) is 0.929. The maximum atomic E-state index is 13.8. The number of carbonyl (C=O) groups is 1. The molecule has 1 saturated heterocycles. The van der Waals surface area contributed by atoms with E-state index in [1.54, 1.807) is 17.5 Å². The quantitative estimate of drug-likeness (QED) is 0.169. The molecule has 0 bridgehead atoms. The molecule has 11 nitrogen and oxygen atoms in total. The minimum atomic E-state index is -3.89. The van der Waals surface area contributed by atoms with Crippen molar-refractivity contribution < 1.29 is 22.7 Å². The molecule has 2 aromatic heterocycles. The predicted molar refractivity (Wildman–Crippen MR) is 169 cm³/mol. The lowest BCUT2D eigenvalue weighted by molar-refractivity contribution is -0.149. The van der Waals surface area contributed by atoms with Crippen LogP contribution in [0.2, 0.25) is 0 Å². The number of hydrogen-bond acceptors (Lipinski definition) is 8. The average molecular weight is 630 g/mol. The molecule has 242 valence electrons. The average Bonchev–Trinajstić information content (AvgIpc) is 3.36. The Balaban J connectivity index is 1.73. The number of aromatic nitrogens is 4. The minimum Gasteiger partial charge on any atom is -0.493 e. The summed E-state index contributed by atoms with van der Waals surface area (Å²) in [6.45, 7) is 11.0. The van der Waals surface area contributed by atoms with E-state index in [4.69, 9.17) is 19.6 Å². The van der Waals surface area contributed by atoms with Crippen LogP contribution in [0.15, 0.2) is 27.9 Å². The molecule has 3 heterocycles. The van der Waals surface area contributed by atoms with E-state index in [2.05, 4.69) is 18.8 Å². The molecule has 1 aromatic carbocycles. The molecule has 1 aliphatic rings. The smallest absolute Gasteiger partial charge is 0.309 e. The first kappa shape index (κ1) is 33.6. The number of ether oxygens (including phenoxy) is 2. The summed E-state index contributed by atoms with van der Waals surface area (Å²) in [7, 11) is -3.89. The van der Waals surface area contributed by atoms with Crippen LogP contribution in [0, 0.1) is 12.8 Å². The van der Waals surface area contributed by atoms with Crippen LogP contribution in [0.4, 0.5) is 0 Å². The van der Waals surface area contributed by atoms with Crippen molar-refractivity contribution in [2.45, 2.75) is 103 Å². The van der Waals surface area contributed by atoms with Gasteiger partial charge in [0, 0.05) is 19.0 Å². The number of unbranched alkanes of at least 4 members (excludes halogenated alkanes) is 3. The largest absolute Gasteiger partial charge is 0.493 e. The minimum absolute atomic E-state index is 0.0677. The van der Waals surface area contributed by atoms with Gasteiger partial charge in [-0.2, -0.15) is 4.31 Å². The number of hydrogen-bond donors (Lipinski definition) is 1. The summed E-state index contributed by atoms with van der Waals surface area (Å²) >= 11 is 0. The second-order valence-corrected chi connectivity index (χ2v) is 13.4. The Bertz CT molecular complexity index is 1590. The van der Waals surface area contributed by atoms with E-state index >= 15 is 0 Å². The fraction of sp³-hybridized carbons (Fsp3) is 0.625. The van der Waals surface area contributed by atoms with Gasteiger partial charge in [-0.05, 0) is 64.2 Å². The second-order valence-electron chi connectivity index (χ2n) is 11.5. The van der Waals surface area contributed by atoms with Crippen molar-refractivity contribution in [2.24, 2.45) is 5.92 Å². The van der Waals surface area contributed by atoms with Gasteiger partial charge in [-0.15, -0.1) is 5.10 Å². The molecule has 0 aliphatic carbocycles. The molecule has 1 fully saturated rings. The lowest BCUT2D eigenvalue weighted by Crippen LogP contribution is -2.40. The Labute approximate surface area is 260 Å². The number of fused-ring (bicyclic) bond motifs is 1. The Morgan fingerprint density at radius 1 is 1.09 bits per heavy atom. The van der Waals surface area contributed by atoms with Crippen LogP contribution in [-0.2, 0) is 19.6 Å². The number of imidazole rings is 1. The monoisotopic (exact) mass is 629 g/mol. The van der Waals surface area contributed by atoms with Crippen LogP contribution in [-0.4, -0.2) is 64.6 Å². The molecule has 1 N–H and O–H groups in total. The van der Waals surface area contributed by atoms with E-state index in [1.165, 1.54) is 22.9 Å². The molecule has 4 rings (SSSR count). The van der Waals surface area contributed by atoms with Gasteiger partial charge in [-0.1, -0.05) is 46.5 Å². The van der Waals surface area contributed by atoms with Crippen LogP contribution >= 0.6 is 0 Å². The van der Waals surface area contributed by atoms with Gasteiger partial charge in [-0.3, -0.25) is 9.59 Å². The topological polar surface area (TPSA) is 136 Å². The highest BCUT2D eigenvalue weighted by molar-refractivity contribution is 7.89. The third-order valence-electron chi connectivity index (χ3n) is 8.34. The van der Waals surface area contributed by atoms with E-state index in [0.29, 0.717) is 48.6 Å². The summed E-state index contributed by atoms with van der Waals surface area (Å²) in [5, 5.41) is 4.85. The van der Waals surface area contributed by atoms with Crippen molar-refractivity contribution in [2.75, 3.05) is 26.3 Å². The molecule has 1 unspecified atom stereocenters. The van der Waals surface area contributed by atoms with E-state index in [9.17, 15) is 18.0 Å². The SMILES string of the molecule is CCCCCCC(CC)c1nc(C)c2c(=O)[nH]c(-c3cc(S(=O)(=O)N4CCC(C(=O)OCC)CC4)ccc3OCCC)nn12. The molecule has 1 aliphatic heterocycles. The molecule has 12 heteroatoms. The number of nitrogens with zero attached hydrogens (tertiary/aromatic N) is 4. The molecule has 1 atom stereocenters.